The molecule has 0 aliphatic rings. The number of benzene rings is 3. The number of rotatable bonds is 5. The van der Waals surface area contributed by atoms with E-state index >= 15 is 0 Å². The van der Waals surface area contributed by atoms with Gasteiger partial charge in [-0.05, 0) is 36.4 Å². The molecule has 0 aliphatic carbocycles. The Hall–Kier alpha value is -3.93. The summed E-state index contributed by atoms with van der Waals surface area (Å²) >= 11 is 0. The molecular formula is C22H17N3O3. The average molecular weight is 371 g/mol. The van der Waals surface area contributed by atoms with Crippen LogP contribution in [0, 0.1) is 10.1 Å². The molecule has 138 valence electrons. The van der Waals surface area contributed by atoms with Crippen LogP contribution in [-0.4, -0.2) is 21.6 Å². The molecule has 0 N–H and O–H groups in total. The topological polar surface area (TPSA) is 70.2 Å². The highest BCUT2D eigenvalue weighted by Gasteiger charge is 2.14. The first kappa shape index (κ1) is 17.5. The molecule has 0 saturated carbocycles. The quantitative estimate of drug-likeness (QED) is 0.360. The molecule has 0 radical (unpaired) electrons. The molecule has 1 aromatic heterocycles. The zero-order valence-corrected chi connectivity index (χ0v) is 15.1. The van der Waals surface area contributed by atoms with E-state index in [1.165, 1.54) is 12.1 Å². The lowest BCUT2D eigenvalue weighted by molar-refractivity contribution is -0.384. The van der Waals surface area contributed by atoms with Crippen LogP contribution < -0.4 is 4.74 Å². The lowest BCUT2D eigenvalue weighted by Crippen LogP contribution is -1.96. The minimum Gasteiger partial charge on any atom is -0.497 e. The van der Waals surface area contributed by atoms with Crippen molar-refractivity contribution in [3.05, 3.63) is 95.2 Å². The summed E-state index contributed by atoms with van der Waals surface area (Å²) in [6.07, 6.45) is 1.97. The van der Waals surface area contributed by atoms with E-state index < -0.39 is 4.92 Å². The first-order chi connectivity index (χ1) is 13.7. The highest BCUT2D eigenvalue weighted by Crippen LogP contribution is 2.29. The van der Waals surface area contributed by atoms with Crippen molar-refractivity contribution in [1.29, 1.82) is 0 Å². The van der Waals surface area contributed by atoms with Gasteiger partial charge >= 0.3 is 0 Å². The number of nitro groups is 1. The molecular weight excluding hydrogens is 354 g/mol. The van der Waals surface area contributed by atoms with Gasteiger partial charge in [-0.1, -0.05) is 30.3 Å². The van der Waals surface area contributed by atoms with Crippen LogP contribution in [0.4, 0.5) is 5.69 Å². The van der Waals surface area contributed by atoms with E-state index in [4.69, 9.17) is 9.72 Å². The highest BCUT2D eigenvalue weighted by molar-refractivity contribution is 5.68. The van der Waals surface area contributed by atoms with Gasteiger partial charge in [-0.15, -0.1) is 0 Å². The van der Waals surface area contributed by atoms with Gasteiger partial charge in [0.25, 0.3) is 5.69 Å². The summed E-state index contributed by atoms with van der Waals surface area (Å²) in [4.78, 5) is 15.4. The molecule has 6 nitrogen and oxygen atoms in total. The summed E-state index contributed by atoms with van der Waals surface area (Å²) < 4.78 is 7.22. The molecule has 4 aromatic rings. The summed E-state index contributed by atoms with van der Waals surface area (Å²) in [5, 5.41) is 11.0. The van der Waals surface area contributed by atoms with Crippen molar-refractivity contribution < 1.29 is 9.66 Å². The van der Waals surface area contributed by atoms with Crippen molar-refractivity contribution >= 4 is 5.69 Å². The van der Waals surface area contributed by atoms with Crippen LogP contribution in [0.1, 0.15) is 0 Å². The third-order valence-corrected chi connectivity index (χ3v) is 4.46. The second-order valence-corrected chi connectivity index (χ2v) is 6.19. The molecule has 0 aliphatic heterocycles. The lowest BCUT2D eigenvalue weighted by atomic mass is 10.2. The summed E-state index contributed by atoms with van der Waals surface area (Å²) in [7, 11) is 1.63. The number of nitrogens with zero attached hydrogens (tertiary/aromatic N) is 3. The van der Waals surface area contributed by atoms with Crippen LogP contribution in [-0.2, 0) is 0 Å². The second-order valence-electron chi connectivity index (χ2n) is 6.19. The Balaban J connectivity index is 1.85. The van der Waals surface area contributed by atoms with E-state index in [-0.39, 0.29) is 5.69 Å². The number of hydrogen-bond donors (Lipinski definition) is 0. The van der Waals surface area contributed by atoms with Gasteiger partial charge < -0.3 is 4.74 Å². The largest absolute Gasteiger partial charge is 0.497 e. The van der Waals surface area contributed by atoms with Gasteiger partial charge in [0.15, 0.2) is 0 Å². The van der Waals surface area contributed by atoms with Crippen molar-refractivity contribution in [2.75, 3.05) is 7.11 Å². The van der Waals surface area contributed by atoms with Crippen LogP contribution in [0.2, 0.25) is 0 Å². The molecule has 28 heavy (non-hydrogen) atoms. The molecule has 3 aromatic carbocycles. The van der Waals surface area contributed by atoms with Crippen molar-refractivity contribution in [2.45, 2.75) is 0 Å². The fourth-order valence-electron chi connectivity index (χ4n) is 3.00. The Labute approximate surface area is 161 Å². The minimum absolute atomic E-state index is 0.0505. The Morgan fingerprint density at radius 3 is 2.18 bits per heavy atom. The van der Waals surface area contributed by atoms with E-state index in [2.05, 4.69) is 0 Å². The molecule has 0 atom stereocenters. The molecule has 0 amide bonds. The third kappa shape index (κ3) is 3.35. The smallest absolute Gasteiger partial charge is 0.269 e. The number of non-ortho nitro benzene ring substituents is 1. The molecule has 1 heterocycles. The van der Waals surface area contributed by atoms with E-state index in [0.717, 1.165) is 28.3 Å². The van der Waals surface area contributed by atoms with E-state index in [1.807, 2.05) is 65.4 Å². The van der Waals surface area contributed by atoms with Crippen LogP contribution in [0.15, 0.2) is 85.1 Å². The first-order valence-corrected chi connectivity index (χ1v) is 8.70. The Morgan fingerprint density at radius 1 is 0.893 bits per heavy atom. The standard InChI is InChI=1S/C22H17N3O3/c1-28-20-13-11-18(12-14-20)24-15-21(16-5-3-2-4-6-16)23-22(24)17-7-9-19(10-8-17)25(26)27/h2-15H,1H3. The monoisotopic (exact) mass is 371 g/mol. The predicted molar refractivity (Wildman–Crippen MR) is 108 cm³/mol. The number of aromatic nitrogens is 2. The number of nitro benzene ring substituents is 1. The number of imidazole rings is 1. The Morgan fingerprint density at radius 2 is 1.57 bits per heavy atom. The normalized spacial score (nSPS) is 10.6. The molecule has 0 spiro atoms. The number of methoxy groups -OCH3 is 1. The molecule has 4 rings (SSSR count). The lowest BCUT2D eigenvalue weighted by Gasteiger charge is -2.08. The van der Waals surface area contributed by atoms with Crippen molar-refractivity contribution in [1.82, 2.24) is 9.55 Å². The summed E-state index contributed by atoms with van der Waals surface area (Å²) in [6.45, 7) is 0. The molecule has 0 unspecified atom stereocenters. The van der Waals surface area contributed by atoms with Gasteiger partial charge in [-0.25, -0.2) is 4.98 Å². The summed E-state index contributed by atoms with van der Waals surface area (Å²) in [5.74, 6) is 1.47. The zero-order valence-electron chi connectivity index (χ0n) is 15.1. The fraction of sp³-hybridized carbons (Fsp3) is 0.0455. The SMILES string of the molecule is COc1ccc(-n2cc(-c3ccccc3)nc2-c2ccc([N+](=O)[O-])cc2)cc1. The summed E-state index contributed by atoms with van der Waals surface area (Å²) in [6, 6.07) is 24.0. The van der Waals surface area contributed by atoms with Crippen molar-refractivity contribution in [3.63, 3.8) is 0 Å². The molecule has 0 bridgehead atoms. The van der Waals surface area contributed by atoms with Crippen LogP contribution >= 0.6 is 0 Å². The molecule has 6 heteroatoms. The van der Waals surface area contributed by atoms with Crippen molar-refractivity contribution in [3.8, 4) is 34.1 Å². The highest BCUT2D eigenvalue weighted by atomic mass is 16.6. The van der Waals surface area contributed by atoms with Gasteiger partial charge in [0, 0.05) is 35.1 Å². The van der Waals surface area contributed by atoms with Crippen LogP contribution in [0.3, 0.4) is 0 Å². The number of hydrogen-bond acceptors (Lipinski definition) is 4. The van der Waals surface area contributed by atoms with Crippen LogP contribution in [0.5, 0.6) is 5.75 Å². The Bertz CT molecular complexity index is 1100. The van der Waals surface area contributed by atoms with Crippen LogP contribution in [0.25, 0.3) is 28.3 Å². The van der Waals surface area contributed by atoms with Gasteiger partial charge in [0.1, 0.15) is 11.6 Å². The van der Waals surface area contributed by atoms with Crippen molar-refractivity contribution in [2.24, 2.45) is 0 Å². The van der Waals surface area contributed by atoms with Gasteiger partial charge in [-0.2, -0.15) is 0 Å². The second kappa shape index (κ2) is 7.36. The average Bonchev–Trinajstić information content (AvgIpc) is 3.20. The predicted octanol–water partition coefficient (Wildman–Crippen LogP) is 5.12. The van der Waals surface area contributed by atoms with Gasteiger partial charge in [-0.3, -0.25) is 14.7 Å². The van der Waals surface area contributed by atoms with E-state index in [1.54, 1.807) is 19.2 Å². The maximum Gasteiger partial charge on any atom is 0.269 e. The maximum absolute atomic E-state index is 11.0. The Kier molecular flexibility index (Phi) is 4.60. The molecule has 0 saturated heterocycles. The van der Waals surface area contributed by atoms with E-state index in [9.17, 15) is 10.1 Å². The van der Waals surface area contributed by atoms with Gasteiger partial charge in [0.05, 0.1) is 17.7 Å². The fourth-order valence-corrected chi connectivity index (χ4v) is 3.00. The third-order valence-electron chi connectivity index (χ3n) is 4.46. The van der Waals surface area contributed by atoms with E-state index in [0.29, 0.717) is 5.82 Å². The van der Waals surface area contributed by atoms with Gasteiger partial charge in [0.2, 0.25) is 0 Å². The summed E-state index contributed by atoms with van der Waals surface area (Å²) in [5.41, 5.74) is 3.59. The zero-order chi connectivity index (χ0) is 19.5. The molecule has 0 fully saturated rings. The maximum atomic E-state index is 11.0. The number of ether oxygens (including phenoxy) is 1. The minimum atomic E-state index is -0.408. The first-order valence-electron chi connectivity index (χ1n) is 8.70.